The van der Waals surface area contributed by atoms with Gasteiger partial charge in [-0.2, -0.15) is 0 Å². The number of hydrazine groups is 1. The molecule has 1 amide bonds. The molecule has 0 aromatic carbocycles. The summed E-state index contributed by atoms with van der Waals surface area (Å²) in [6, 6.07) is 0. The molecule has 2 rings (SSSR count). The molecule has 0 saturated heterocycles. The Kier molecular flexibility index (Phi) is 4.56. The smallest absolute Gasteiger partial charge is 0.252 e. The van der Waals surface area contributed by atoms with E-state index >= 15 is 0 Å². The second-order valence-electron chi connectivity index (χ2n) is 5.19. The van der Waals surface area contributed by atoms with Gasteiger partial charge in [0, 0.05) is 11.9 Å². The van der Waals surface area contributed by atoms with Crippen LogP contribution in [-0.2, 0) is 10.2 Å². The second-order valence-corrected chi connectivity index (χ2v) is 6.89. The van der Waals surface area contributed by atoms with Crippen molar-refractivity contribution in [1.82, 2.24) is 10.4 Å². The highest BCUT2D eigenvalue weighted by Gasteiger charge is 2.47. The van der Waals surface area contributed by atoms with Crippen LogP contribution in [0.2, 0.25) is 5.02 Å². The molecule has 0 radical (unpaired) electrons. The number of amides is 1. The SMILES string of the molecule is Cc1csc(C2(C(=O)N(C)NC(N)=S)CCCC2)c1Cl. The molecule has 1 aliphatic rings. The summed E-state index contributed by atoms with van der Waals surface area (Å²) in [5.74, 6) is -0.0217. The standard InChI is InChI=1S/C13H18ClN3OS2/c1-8-7-20-10(9(8)14)13(5-3-4-6-13)11(18)17(2)16-12(15)19/h7H,3-6H2,1-2H3,(H3,15,16,19). The first-order chi connectivity index (χ1) is 9.38. The molecule has 1 aromatic rings. The van der Waals surface area contributed by atoms with Gasteiger partial charge in [0.1, 0.15) is 0 Å². The van der Waals surface area contributed by atoms with Crippen LogP contribution in [0.5, 0.6) is 0 Å². The third-order valence-corrected chi connectivity index (χ3v) is 5.78. The molecule has 4 nitrogen and oxygen atoms in total. The van der Waals surface area contributed by atoms with Crippen LogP contribution >= 0.6 is 35.2 Å². The van der Waals surface area contributed by atoms with Crippen LogP contribution in [0.1, 0.15) is 36.1 Å². The Hall–Kier alpha value is -0.850. The normalized spacial score (nSPS) is 16.9. The van der Waals surface area contributed by atoms with Gasteiger partial charge >= 0.3 is 0 Å². The molecule has 0 atom stereocenters. The third-order valence-electron chi connectivity index (χ3n) is 3.78. The number of nitrogens with zero attached hydrogens (tertiary/aromatic N) is 1. The van der Waals surface area contributed by atoms with Crippen molar-refractivity contribution >= 4 is 46.2 Å². The monoisotopic (exact) mass is 331 g/mol. The summed E-state index contributed by atoms with van der Waals surface area (Å²) in [5.41, 5.74) is 8.63. The van der Waals surface area contributed by atoms with Gasteiger partial charge in [0.05, 0.1) is 10.4 Å². The molecule has 1 fully saturated rings. The zero-order valence-electron chi connectivity index (χ0n) is 11.5. The fraction of sp³-hybridized carbons (Fsp3) is 0.538. The zero-order valence-corrected chi connectivity index (χ0v) is 13.9. The number of nitrogens with two attached hydrogens (primary N) is 1. The summed E-state index contributed by atoms with van der Waals surface area (Å²) in [6.07, 6.45) is 3.68. The van der Waals surface area contributed by atoms with E-state index in [2.05, 4.69) is 5.43 Å². The molecule has 1 heterocycles. The first kappa shape index (κ1) is 15.5. The Morgan fingerprint density at radius 3 is 2.60 bits per heavy atom. The Bertz CT molecular complexity index is 538. The minimum atomic E-state index is -0.539. The zero-order chi connectivity index (χ0) is 14.9. The van der Waals surface area contributed by atoms with Crippen molar-refractivity contribution in [3.8, 4) is 0 Å². The van der Waals surface area contributed by atoms with E-state index in [0.29, 0.717) is 5.02 Å². The van der Waals surface area contributed by atoms with Gasteiger partial charge in [-0.3, -0.25) is 15.2 Å². The molecular formula is C13H18ClN3OS2. The molecular weight excluding hydrogens is 314 g/mol. The van der Waals surface area contributed by atoms with Crippen molar-refractivity contribution in [2.24, 2.45) is 5.73 Å². The van der Waals surface area contributed by atoms with Crippen LogP contribution in [0, 0.1) is 6.92 Å². The van der Waals surface area contributed by atoms with E-state index in [4.69, 9.17) is 29.6 Å². The summed E-state index contributed by atoms with van der Waals surface area (Å²) in [5, 5.41) is 4.20. The van der Waals surface area contributed by atoms with Gasteiger partial charge in [-0.1, -0.05) is 24.4 Å². The lowest BCUT2D eigenvalue weighted by molar-refractivity contribution is -0.137. The van der Waals surface area contributed by atoms with Crippen molar-refractivity contribution in [3.05, 3.63) is 20.8 Å². The van der Waals surface area contributed by atoms with Crippen molar-refractivity contribution in [2.75, 3.05) is 7.05 Å². The van der Waals surface area contributed by atoms with Crippen LogP contribution in [0.15, 0.2) is 5.38 Å². The van der Waals surface area contributed by atoms with Gasteiger partial charge < -0.3 is 5.73 Å². The van der Waals surface area contributed by atoms with E-state index in [1.807, 2.05) is 12.3 Å². The topological polar surface area (TPSA) is 58.4 Å². The molecule has 110 valence electrons. The van der Waals surface area contributed by atoms with E-state index in [1.54, 1.807) is 18.4 Å². The molecule has 7 heteroatoms. The fourth-order valence-electron chi connectivity index (χ4n) is 2.81. The number of likely N-dealkylation sites (N-methyl/N-ethyl adjacent to an activating group) is 1. The molecule has 1 aromatic heterocycles. The summed E-state index contributed by atoms with van der Waals surface area (Å²) in [6.45, 7) is 1.96. The lowest BCUT2D eigenvalue weighted by Crippen LogP contribution is -2.52. The highest BCUT2D eigenvalue weighted by molar-refractivity contribution is 7.80. The van der Waals surface area contributed by atoms with Crippen molar-refractivity contribution in [2.45, 2.75) is 38.0 Å². The molecule has 0 bridgehead atoms. The lowest BCUT2D eigenvalue weighted by atomic mass is 9.83. The van der Waals surface area contributed by atoms with Crippen molar-refractivity contribution in [3.63, 3.8) is 0 Å². The van der Waals surface area contributed by atoms with E-state index in [0.717, 1.165) is 36.1 Å². The largest absolute Gasteiger partial charge is 0.375 e. The van der Waals surface area contributed by atoms with Gasteiger partial charge in [-0.15, -0.1) is 11.3 Å². The minimum Gasteiger partial charge on any atom is -0.375 e. The van der Waals surface area contributed by atoms with Crippen molar-refractivity contribution < 1.29 is 4.79 Å². The quantitative estimate of drug-likeness (QED) is 0.646. The van der Waals surface area contributed by atoms with Crippen LogP contribution < -0.4 is 11.2 Å². The van der Waals surface area contributed by atoms with Crippen LogP contribution in [0.25, 0.3) is 0 Å². The number of thiocarbonyl (C=S) groups is 1. The molecule has 0 spiro atoms. The maximum absolute atomic E-state index is 12.9. The van der Waals surface area contributed by atoms with Gasteiger partial charge in [-0.05, 0) is 42.9 Å². The molecule has 3 N–H and O–H groups in total. The van der Waals surface area contributed by atoms with E-state index in [-0.39, 0.29) is 11.0 Å². The Morgan fingerprint density at radius 1 is 1.55 bits per heavy atom. The number of carbonyl (C=O) groups excluding carboxylic acids is 1. The van der Waals surface area contributed by atoms with Crippen LogP contribution in [0.4, 0.5) is 0 Å². The number of aryl methyl sites for hydroxylation is 1. The van der Waals surface area contributed by atoms with Gasteiger partial charge in [0.15, 0.2) is 5.11 Å². The van der Waals surface area contributed by atoms with Gasteiger partial charge in [0.25, 0.3) is 5.91 Å². The van der Waals surface area contributed by atoms with E-state index in [1.165, 1.54) is 5.01 Å². The van der Waals surface area contributed by atoms with Crippen LogP contribution in [0.3, 0.4) is 0 Å². The molecule has 0 aliphatic heterocycles. The Labute approximate surface area is 133 Å². The highest BCUT2D eigenvalue weighted by Crippen LogP contribution is 2.48. The lowest BCUT2D eigenvalue weighted by Gasteiger charge is -2.32. The van der Waals surface area contributed by atoms with E-state index in [9.17, 15) is 4.79 Å². The van der Waals surface area contributed by atoms with Crippen molar-refractivity contribution in [1.29, 1.82) is 0 Å². The summed E-state index contributed by atoms with van der Waals surface area (Å²) in [7, 11) is 1.65. The van der Waals surface area contributed by atoms with Crippen LogP contribution in [-0.4, -0.2) is 23.1 Å². The molecule has 1 aliphatic carbocycles. The number of hydrogen-bond donors (Lipinski definition) is 2. The minimum absolute atomic E-state index is 0.0217. The predicted molar refractivity (Wildman–Crippen MR) is 86.9 cm³/mol. The average Bonchev–Trinajstić information content (AvgIpc) is 2.97. The number of rotatable bonds is 2. The number of carbonyl (C=O) groups is 1. The number of halogens is 1. The Morgan fingerprint density at radius 2 is 2.15 bits per heavy atom. The molecule has 20 heavy (non-hydrogen) atoms. The summed E-state index contributed by atoms with van der Waals surface area (Å²) < 4.78 is 0. The third kappa shape index (κ3) is 2.64. The summed E-state index contributed by atoms with van der Waals surface area (Å²) >= 11 is 12.8. The maximum atomic E-state index is 12.9. The highest BCUT2D eigenvalue weighted by atomic mass is 35.5. The summed E-state index contributed by atoms with van der Waals surface area (Å²) in [4.78, 5) is 13.8. The fourth-order valence-corrected chi connectivity index (χ4v) is 4.57. The molecule has 1 saturated carbocycles. The number of nitrogens with one attached hydrogen (secondary N) is 1. The van der Waals surface area contributed by atoms with Gasteiger partial charge in [0.2, 0.25) is 0 Å². The molecule has 0 unspecified atom stereocenters. The average molecular weight is 332 g/mol. The van der Waals surface area contributed by atoms with E-state index < -0.39 is 5.41 Å². The van der Waals surface area contributed by atoms with Gasteiger partial charge in [-0.25, -0.2) is 0 Å². The first-order valence-electron chi connectivity index (χ1n) is 6.47. The first-order valence-corrected chi connectivity index (χ1v) is 8.13. The maximum Gasteiger partial charge on any atom is 0.252 e. The second kappa shape index (κ2) is 5.87. The predicted octanol–water partition coefficient (Wildman–Crippen LogP) is 2.73. The number of thiophene rings is 1. The number of hydrogen-bond acceptors (Lipinski definition) is 3. The Balaban J connectivity index is 2.37.